The van der Waals surface area contributed by atoms with Gasteiger partial charge < -0.3 is 10.6 Å². The van der Waals surface area contributed by atoms with Crippen LogP contribution in [0.1, 0.15) is 15.4 Å². The number of hydrogen-bond donors (Lipinski definition) is 2. The summed E-state index contributed by atoms with van der Waals surface area (Å²) in [6, 6.07) is 12.8. The van der Waals surface area contributed by atoms with Crippen molar-refractivity contribution in [3.63, 3.8) is 0 Å². The quantitative estimate of drug-likeness (QED) is 0.607. The smallest absolute Gasteiger partial charge is 0.286 e. The van der Waals surface area contributed by atoms with Crippen LogP contribution in [0.25, 0.3) is 0 Å². The van der Waals surface area contributed by atoms with Crippen LogP contribution in [0.5, 0.6) is 0 Å². The van der Waals surface area contributed by atoms with Gasteiger partial charge in [-0.05, 0) is 23.8 Å². The van der Waals surface area contributed by atoms with Crippen molar-refractivity contribution in [3.05, 3.63) is 65.4 Å². The molecule has 2 N–H and O–H groups in total. The first-order chi connectivity index (χ1) is 12.7. The van der Waals surface area contributed by atoms with Gasteiger partial charge in [0.2, 0.25) is 10.9 Å². The molecule has 0 aliphatic heterocycles. The van der Waals surface area contributed by atoms with Crippen molar-refractivity contribution in [2.75, 3.05) is 11.1 Å². The summed E-state index contributed by atoms with van der Waals surface area (Å²) in [5.74, 6) is -0.235. The molecule has 9 heteroatoms. The third-order valence-corrected chi connectivity index (χ3v) is 5.23. The number of nitrogens with zero attached hydrogens (tertiary/aromatic N) is 3. The lowest BCUT2D eigenvalue weighted by Crippen LogP contribution is -2.24. The van der Waals surface area contributed by atoms with Gasteiger partial charge in [0.15, 0.2) is 4.34 Å². The molecular weight excluding hydrogens is 370 g/mol. The Morgan fingerprint density at radius 1 is 1.08 bits per heavy atom. The predicted octanol–water partition coefficient (Wildman–Crippen LogP) is 2.59. The number of thioether (sulfide) groups is 1. The second-order valence-corrected chi connectivity index (χ2v) is 7.32. The Morgan fingerprint density at radius 3 is 2.69 bits per heavy atom. The van der Waals surface area contributed by atoms with Crippen molar-refractivity contribution in [1.82, 2.24) is 20.5 Å². The molecule has 0 bridgehead atoms. The third-order valence-electron chi connectivity index (χ3n) is 3.17. The van der Waals surface area contributed by atoms with E-state index in [4.69, 9.17) is 0 Å². The molecule has 0 aliphatic carbocycles. The van der Waals surface area contributed by atoms with Gasteiger partial charge in [-0.2, -0.15) is 0 Å². The normalized spacial score (nSPS) is 10.3. The van der Waals surface area contributed by atoms with Gasteiger partial charge in [0.25, 0.3) is 5.91 Å². The fourth-order valence-corrected chi connectivity index (χ4v) is 3.52. The SMILES string of the molecule is O=C(CSc1nnc(C(=O)Nc2ccccc2)s1)NCc1cccnc1. The fraction of sp³-hybridized carbons (Fsp3) is 0.118. The molecule has 0 unspecified atom stereocenters. The summed E-state index contributed by atoms with van der Waals surface area (Å²) in [6.07, 6.45) is 3.39. The van der Waals surface area contributed by atoms with Crippen molar-refractivity contribution in [3.8, 4) is 0 Å². The number of benzene rings is 1. The zero-order valence-electron chi connectivity index (χ0n) is 13.6. The van der Waals surface area contributed by atoms with Gasteiger partial charge in [-0.25, -0.2) is 0 Å². The molecule has 0 fully saturated rings. The zero-order chi connectivity index (χ0) is 18.2. The molecular formula is C17H15N5O2S2. The van der Waals surface area contributed by atoms with Crippen LogP contribution in [-0.2, 0) is 11.3 Å². The number of pyridine rings is 1. The lowest BCUT2D eigenvalue weighted by molar-refractivity contribution is -0.118. The molecule has 7 nitrogen and oxygen atoms in total. The standard InChI is InChI=1S/C17H15N5O2S2/c23-14(19-10-12-5-4-8-18-9-12)11-25-17-22-21-16(26-17)15(24)20-13-6-2-1-3-7-13/h1-9H,10-11H2,(H,19,23)(H,20,24). The Balaban J connectivity index is 1.46. The number of nitrogens with one attached hydrogen (secondary N) is 2. The number of anilines is 1. The molecule has 3 aromatic rings. The first-order valence-corrected chi connectivity index (χ1v) is 9.49. The van der Waals surface area contributed by atoms with Crippen molar-refractivity contribution >= 4 is 40.6 Å². The van der Waals surface area contributed by atoms with Crippen LogP contribution in [0, 0.1) is 0 Å². The minimum Gasteiger partial charge on any atom is -0.351 e. The Kier molecular flexibility index (Phi) is 6.29. The summed E-state index contributed by atoms with van der Waals surface area (Å²) >= 11 is 2.40. The van der Waals surface area contributed by atoms with Gasteiger partial charge in [-0.15, -0.1) is 10.2 Å². The Bertz CT molecular complexity index is 871. The largest absolute Gasteiger partial charge is 0.351 e. The monoisotopic (exact) mass is 385 g/mol. The van der Waals surface area contributed by atoms with Crippen molar-refractivity contribution in [2.45, 2.75) is 10.9 Å². The number of hydrogen-bond acceptors (Lipinski definition) is 7. The summed E-state index contributed by atoms with van der Waals surface area (Å²) in [5, 5.41) is 13.6. The molecule has 26 heavy (non-hydrogen) atoms. The van der Waals surface area contributed by atoms with Crippen LogP contribution in [-0.4, -0.2) is 32.7 Å². The van der Waals surface area contributed by atoms with Gasteiger partial charge in [0.1, 0.15) is 0 Å². The van der Waals surface area contributed by atoms with E-state index in [-0.39, 0.29) is 22.6 Å². The molecule has 3 rings (SSSR count). The van der Waals surface area contributed by atoms with Crippen molar-refractivity contribution in [2.24, 2.45) is 0 Å². The van der Waals surface area contributed by atoms with Crippen LogP contribution < -0.4 is 10.6 Å². The number of rotatable bonds is 7. The molecule has 0 saturated carbocycles. The van der Waals surface area contributed by atoms with Gasteiger partial charge in [-0.1, -0.05) is 47.4 Å². The van der Waals surface area contributed by atoms with E-state index in [1.54, 1.807) is 24.5 Å². The third kappa shape index (κ3) is 5.36. The summed E-state index contributed by atoms with van der Waals surface area (Å²) < 4.78 is 0.569. The highest BCUT2D eigenvalue weighted by molar-refractivity contribution is 8.01. The molecule has 2 heterocycles. The van der Waals surface area contributed by atoms with Crippen LogP contribution in [0.4, 0.5) is 5.69 Å². The molecule has 1 aromatic carbocycles. The van der Waals surface area contributed by atoms with E-state index in [0.717, 1.165) is 16.9 Å². The topological polar surface area (TPSA) is 96.9 Å². The van der Waals surface area contributed by atoms with Crippen LogP contribution in [0.2, 0.25) is 0 Å². The molecule has 0 aliphatic rings. The minimum atomic E-state index is -0.318. The van der Waals surface area contributed by atoms with Gasteiger partial charge in [-0.3, -0.25) is 14.6 Å². The second-order valence-electron chi connectivity index (χ2n) is 5.12. The molecule has 0 atom stereocenters. The van der Waals surface area contributed by atoms with E-state index in [2.05, 4.69) is 25.8 Å². The molecule has 2 aromatic heterocycles. The molecule has 0 saturated heterocycles. The number of carbonyl (C=O) groups excluding carboxylic acids is 2. The van der Waals surface area contributed by atoms with E-state index in [1.165, 1.54) is 11.8 Å². The highest BCUT2D eigenvalue weighted by Crippen LogP contribution is 2.22. The Labute approximate surface area is 158 Å². The minimum absolute atomic E-state index is 0.121. The maximum absolute atomic E-state index is 12.1. The van der Waals surface area contributed by atoms with Crippen molar-refractivity contribution in [1.29, 1.82) is 0 Å². The highest BCUT2D eigenvalue weighted by atomic mass is 32.2. The van der Waals surface area contributed by atoms with Gasteiger partial charge >= 0.3 is 0 Å². The first-order valence-electron chi connectivity index (χ1n) is 7.69. The fourth-order valence-electron chi connectivity index (χ4n) is 1.95. The molecule has 132 valence electrons. The summed E-state index contributed by atoms with van der Waals surface area (Å²) in [6.45, 7) is 0.425. The van der Waals surface area contributed by atoms with Gasteiger partial charge in [0.05, 0.1) is 5.75 Å². The van der Waals surface area contributed by atoms with E-state index < -0.39 is 0 Å². The number of amides is 2. The summed E-state index contributed by atoms with van der Waals surface area (Å²) in [7, 11) is 0. The van der Waals surface area contributed by atoms with E-state index in [9.17, 15) is 9.59 Å². The number of para-hydroxylation sites is 1. The number of aromatic nitrogens is 3. The van der Waals surface area contributed by atoms with E-state index in [1.807, 2.05) is 30.3 Å². The van der Waals surface area contributed by atoms with Crippen LogP contribution >= 0.6 is 23.1 Å². The van der Waals surface area contributed by atoms with Crippen molar-refractivity contribution < 1.29 is 9.59 Å². The summed E-state index contributed by atoms with van der Waals surface area (Å²) in [4.78, 5) is 28.0. The average Bonchev–Trinajstić information content (AvgIpc) is 3.16. The number of carbonyl (C=O) groups is 2. The van der Waals surface area contributed by atoms with Crippen LogP contribution in [0.3, 0.4) is 0 Å². The summed E-state index contributed by atoms with van der Waals surface area (Å²) in [5.41, 5.74) is 1.62. The lowest BCUT2D eigenvalue weighted by atomic mass is 10.3. The van der Waals surface area contributed by atoms with Crippen LogP contribution in [0.15, 0.2) is 59.2 Å². The zero-order valence-corrected chi connectivity index (χ0v) is 15.2. The Morgan fingerprint density at radius 2 is 1.92 bits per heavy atom. The van der Waals surface area contributed by atoms with E-state index >= 15 is 0 Å². The Hall–Kier alpha value is -2.78. The molecule has 0 radical (unpaired) electrons. The maximum atomic E-state index is 12.1. The molecule has 2 amide bonds. The predicted molar refractivity (Wildman–Crippen MR) is 101 cm³/mol. The molecule has 0 spiro atoms. The van der Waals surface area contributed by atoms with Gasteiger partial charge in [0, 0.05) is 24.6 Å². The van der Waals surface area contributed by atoms with E-state index in [0.29, 0.717) is 16.6 Å². The lowest BCUT2D eigenvalue weighted by Gasteiger charge is -2.03. The maximum Gasteiger partial charge on any atom is 0.286 e. The second kappa shape index (κ2) is 9.07. The highest BCUT2D eigenvalue weighted by Gasteiger charge is 2.14. The first kappa shape index (κ1) is 18.0. The average molecular weight is 385 g/mol.